The Kier molecular flexibility index (Phi) is 12.1. The first-order valence-electron chi connectivity index (χ1n) is 22.8. The van der Waals surface area contributed by atoms with Crippen LogP contribution in [0.25, 0.3) is 0 Å². The Morgan fingerprint density at radius 3 is 0.842 bits per heavy atom. The first-order chi connectivity index (χ1) is 26.7. The van der Waals surface area contributed by atoms with Gasteiger partial charge in [0.2, 0.25) is 0 Å². The van der Waals surface area contributed by atoms with Crippen molar-refractivity contribution in [1.82, 2.24) is 0 Å². The van der Waals surface area contributed by atoms with Crippen molar-refractivity contribution in [2.75, 3.05) is 0 Å². The van der Waals surface area contributed by atoms with Crippen LogP contribution >= 0.6 is 0 Å². The summed E-state index contributed by atoms with van der Waals surface area (Å²) in [7, 11) is -6.09. The fourth-order valence-electron chi connectivity index (χ4n) is 11.3. The van der Waals surface area contributed by atoms with Crippen molar-refractivity contribution >= 4 is 36.1 Å². The summed E-state index contributed by atoms with van der Waals surface area (Å²) >= 11 is 0. The molecule has 0 N–H and O–H groups in total. The van der Waals surface area contributed by atoms with Gasteiger partial charge in [0, 0.05) is 5.54 Å². The molecule has 3 unspecified atom stereocenters. The van der Waals surface area contributed by atoms with E-state index in [1.165, 1.54) is 55.6 Å². The molecule has 306 valence electrons. The molecule has 4 aromatic rings. The van der Waals surface area contributed by atoms with Crippen LogP contribution in [0, 0.1) is 0 Å². The highest BCUT2D eigenvalue weighted by molar-refractivity contribution is 7.77. The van der Waals surface area contributed by atoms with Gasteiger partial charge in [0.15, 0.2) is 7.59 Å². The SMILES string of the molecule is CC(C)c1cc(C(C)C)c([Si]23C(=O)C(C2c2ccccc2)[Si]3(c2c(C(C)C)cc(C(C)C)cc2C(C)C)c2c(C(C)C)cc(C(C)C)cc2C(C)C)c(C(C)C)c1. The lowest BCUT2D eigenvalue weighted by Crippen LogP contribution is -3.08. The van der Waals surface area contributed by atoms with E-state index in [1.807, 2.05) is 0 Å². The van der Waals surface area contributed by atoms with Gasteiger partial charge in [-0.05, 0) is 130 Å². The van der Waals surface area contributed by atoms with Crippen molar-refractivity contribution in [3.05, 3.63) is 122 Å². The van der Waals surface area contributed by atoms with Crippen molar-refractivity contribution < 1.29 is 4.79 Å². The minimum atomic E-state index is -3.13. The molecule has 3 aliphatic rings. The molecule has 3 fully saturated rings. The number of hydrogen-bond donors (Lipinski definition) is 0. The van der Waals surface area contributed by atoms with Crippen LogP contribution in [-0.4, -0.2) is 20.6 Å². The average Bonchev–Trinajstić information content (AvgIpc) is 3.13. The van der Waals surface area contributed by atoms with Gasteiger partial charge in [0.05, 0.1) is 0 Å². The predicted octanol–water partition coefficient (Wildman–Crippen LogP) is 13.6. The minimum absolute atomic E-state index is 0.0242. The third-order valence-electron chi connectivity index (χ3n) is 14.3. The first kappa shape index (κ1) is 43.6. The van der Waals surface area contributed by atoms with E-state index in [2.05, 4.69) is 191 Å². The summed E-state index contributed by atoms with van der Waals surface area (Å²) in [6.07, 6.45) is 0. The molecule has 3 aliphatic heterocycles. The van der Waals surface area contributed by atoms with Gasteiger partial charge in [-0.15, -0.1) is 0 Å². The monoisotopic (exact) mass is 797 g/mol. The second-order valence-electron chi connectivity index (χ2n) is 21.0. The van der Waals surface area contributed by atoms with E-state index in [0.29, 0.717) is 58.7 Å². The van der Waals surface area contributed by atoms with E-state index < -0.39 is 15.2 Å². The molecule has 2 bridgehead atoms. The van der Waals surface area contributed by atoms with Crippen molar-refractivity contribution in [3.63, 3.8) is 0 Å². The lowest BCUT2D eigenvalue weighted by atomic mass is 9.89. The lowest BCUT2D eigenvalue weighted by Gasteiger charge is -2.78. The van der Waals surface area contributed by atoms with E-state index in [-0.39, 0.29) is 11.1 Å². The molecule has 7 rings (SSSR count). The molecule has 0 aromatic heterocycles. The maximum Gasteiger partial charge on any atom is 0.174 e. The van der Waals surface area contributed by atoms with Gasteiger partial charge in [-0.2, -0.15) is 0 Å². The van der Waals surface area contributed by atoms with Crippen molar-refractivity contribution in [2.45, 2.75) is 189 Å². The van der Waals surface area contributed by atoms with E-state index in [1.54, 1.807) is 15.6 Å². The second-order valence-corrected chi connectivity index (χ2v) is 32.2. The molecule has 0 aliphatic carbocycles. The van der Waals surface area contributed by atoms with Gasteiger partial charge in [-0.1, -0.05) is 191 Å². The Morgan fingerprint density at radius 2 is 0.614 bits per heavy atom. The zero-order chi connectivity index (χ0) is 42.2. The molecular formula is C54H76OSi2. The van der Waals surface area contributed by atoms with Gasteiger partial charge in [-0.25, -0.2) is 0 Å². The Hall–Kier alpha value is -3.02. The summed E-state index contributed by atoms with van der Waals surface area (Å²) < 4.78 is 0. The van der Waals surface area contributed by atoms with Crippen molar-refractivity contribution in [2.24, 2.45) is 0 Å². The zero-order valence-corrected chi connectivity index (χ0v) is 41.1. The van der Waals surface area contributed by atoms with E-state index in [4.69, 9.17) is 0 Å². The van der Waals surface area contributed by atoms with Gasteiger partial charge in [0.25, 0.3) is 0 Å². The van der Waals surface area contributed by atoms with Gasteiger partial charge in [-0.3, -0.25) is 0 Å². The highest BCUT2D eigenvalue weighted by atomic mass is 29.3. The maximum atomic E-state index is 16.3. The summed E-state index contributed by atoms with van der Waals surface area (Å²) in [5.41, 5.74) is 15.1. The smallest absolute Gasteiger partial charge is 0.174 e. The third-order valence-corrected chi connectivity index (χ3v) is 33.1. The molecule has 0 radical (unpaired) electrons. The Balaban J connectivity index is 2.00. The van der Waals surface area contributed by atoms with Crippen LogP contribution in [-0.2, 0) is 4.79 Å². The molecule has 57 heavy (non-hydrogen) atoms. The van der Waals surface area contributed by atoms with Crippen LogP contribution in [0.4, 0.5) is 0 Å². The normalized spacial score (nSPS) is 20.4. The quantitative estimate of drug-likeness (QED) is 0.123. The second kappa shape index (κ2) is 15.9. The van der Waals surface area contributed by atoms with Crippen LogP contribution < -0.4 is 15.6 Å². The molecule has 0 spiro atoms. The molecule has 3 heteroatoms. The molecule has 3 heterocycles. The highest BCUT2D eigenvalue weighted by Crippen LogP contribution is 2.71. The largest absolute Gasteiger partial charge is 0.305 e. The van der Waals surface area contributed by atoms with E-state index in [0.717, 1.165) is 0 Å². The zero-order valence-electron chi connectivity index (χ0n) is 39.1. The Bertz CT molecular complexity index is 1970. The van der Waals surface area contributed by atoms with Gasteiger partial charge in [0.1, 0.15) is 13.0 Å². The summed E-state index contributed by atoms with van der Waals surface area (Å²) in [4.78, 5) is 16.3. The summed E-state index contributed by atoms with van der Waals surface area (Å²) in [5, 5.41) is 5.52. The first-order valence-corrected chi connectivity index (χ1v) is 28.0. The molecule has 0 amide bonds. The molecule has 1 nitrogen and oxygen atoms in total. The number of rotatable bonds is 13. The lowest BCUT2D eigenvalue weighted by molar-refractivity contribution is -0.115. The molecule has 3 atom stereocenters. The average molecular weight is 797 g/mol. The topological polar surface area (TPSA) is 17.1 Å². The number of hydrogen-bond acceptors (Lipinski definition) is 1. The Morgan fingerprint density at radius 1 is 0.351 bits per heavy atom. The van der Waals surface area contributed by atoms with Crippen molar-refractivity contribution in [3.8, 4) is 0 Å². The molecule has 0 saturated carbocycles. The third kappa shape index (κ3) is 6.46. The summed E-state index contributed by atoms with van der Waals surface area (Å²) in [6, 6.07) is 27.0. The van der Waals surface area contributed by atoms with Crippen LogP contribution in [0.3, 0.4) is 0 Å². The number of benzene rings is 4. The maximum absolute atomic E-state index is 16.3. The fourth-order valence-corrected chi connectivity index (χ4v) is 36.4. The highest BCUT2D eigenvalue weighted by Gasteiger charge is 2.93. The van der Waals surface area contributed by atoms with Gasteiger partial charge >= 0.3 is 0 Å². The predicted molar refractivity (Wildman–Crippen MR) is 254 cm³/mol. The Labute approximate surface area is 350 Å². The fraction of sp³-hybridized carbons (Fsp3) is 0.537. The summed E-state index contributed by atoms with van der Waals surface area (Å²) in [6.45, 7) is 43.3. The minimum Gasteiger partial charge on any atom is -0.305 e. The van der Waals surface area contributed by atoms with Crippen LogP contribution in [0.1, 0.15) is 239 Å². The van der Waals surface area contributed by atoms with Crippen molar-refractivity contribution in [1.29, 1.82) is 0 Å². The van der Waals surface area contributed by atoms with Crippen LogP contribution in [0.2, 0.25) is 5.54 Å². The van der Waals surface area contributed by atoms with E-state index in [9.17, 15) is 0 Å². The standard InChI is InChI=1S/C54H76OSi2/c1-30(2)40-24-43(33(7)8)50(44(25-40)34(9)10)56(51-45(35(11)12)26-41(31(3)4)27-46(51)36(13)14)53-49(39-22-20-19-21-23-39)57(56,54(53)55)52-47(37(15)16)28-42(32(5)6)29-48(52)38(17)18/h19-38,49,53H,1-18H3. The molecular weight excluding hydrogens is 721 g/mol. The molecule has 3 saturated heterocycles. The van der Waals surface area contributed by atoms with E-state index >= 15 is 4.79 Å². The molecule has 4 aromatic carbocycles. The van der Waals surface area contributed by atoms with Gasteiger partial charge < -0.3 is 4.79 Å². The van der Waals surface area contributed by atoms with Crippen LogP contribution in [0.15, 0.2) is 66.7 Å². The summed E-state index contributed by atoms with van der Waals surface area (Å²) in [5.74, 6) is 3.26. The van der Waals surface area contributed by atoms with Crippen LogP contribution in [0.5, 0.6) is 0 Å². The number of carbonyl (C=O) groups is 1. The number of carbonyl (C=O) groups excluding carboxylic acids is 1.